The highest BCUT2D eigenvalue weighted by molar-refractivity contribution is 5.95. The Balaban J connectivity index is 1.67. The highest BCUT2D eigenvalue weighted by Crippen LogP contribution is 2.05. The summed E-state index contributed by atoms with van der Waals surface area (Å²) in [5.41, 5.74) is 2.92. The summed E-state index contributed by atoms with van der Waals surface area (Å²) in [5.74, 6) is -0.319. The molecule has 0 radical (unpaired) electrons. The Kier molecular flexibility index (Phi) is 6.15. The van der Waals surface area contributed by atoms with Crippen LogP contribution < -0.4 is 10.9 Å². The van der Waals surface area contributed by atoms with Gasteiger partial charge in [-0.3, -0.25) is 14.6 Å². The van der Waals surface area contributed by atoms with Gasteiger partial charge in [0.15, 0.2) is 0 Å². The summed E-state index contributed by atoms with van der Waals surface area (Å²) < 4.78 is 1.61. The van der Waals surface area contributed by atoms with Crippen molar-refractivity contribution in [2.75, 3.05) is 6.54 Å². The van der Waals surface area contributed by atoms with Gasteiger partial charge in [0, 0.05) is 31.7 Å². The normalized spacial score (nSPS) is 10.6. The Labute approximate surface area is 158 Å². The van der Waals surface area contributed by atoms with E-state index in [-0.39, 0.29) is 17.0 Å². The van der Waals surface area contributed by atoms with Crippen molar-refractivity contribution in [2.24, 2.45) is 0 Å². The van der Waals surface area contributed by atoms with E-state index in [1.807, 2.05) is 48.5 Å². The molecule has 0 unspecified atom stereocenters. The van der Waals surface area contributed by atoms with Gasteiger partial charge in [0.2, 0.25) is 0 Å². The zero-order valence-corrected chi connectivity index (χ0v) is 15.4. The number of hydrogen-bond acceptors (Lipinski definition) is 3. The lowest BCUT2D eigenvalue weighted by molar-refractivity contribution is 0.0951. The third kappa shape index (κ3) is 4.91. The molecule has 0 aliphatic carbocycles. The van der Waals surface area contributed by atoms with Crippen molar-refractivity contribution in [1.82, 2.24) is 14.9 Å². The Morgan fingerprint density at radius 3 is 2.44 bits per heavy atom. The van der Waals surface area contributed by atoms with Gasteiger partial charge in [-0.15, -0.1) is 0 Å². The number of rotatable bonds is 7. The number of carbonyl (C=O) groups is 1. The fourth-order valence-corrected chi connectivity index (χ4v) is 2.97. The molecule has 0 atom stereocenters. The van der Waals surface area contributed by atoms with Gasteiger partial charge in [0.25, 0.3) is 11.5 Å². The molecule has 2 aromatic heterocycles. The fourth-order valence-electron chi connectivity index (χ4n) is 2.97. The molecule has 0 saturated heterocycles. The quantitative estimate of drug-likeness (QED) is 0.704. The number of nitrogens with one attached hydrogen (secondary N) is 1. The van der Waals surface area contributed by atoms with Gasteiger partial charge in [-0.05, 0) is 54.7 Å². The summed E-state index contributed by atoms with van der Waals surface area (Å²) in [6.45, 7) is 2.81. The molecular weight excluding hydrogens is 338 g/mol. The fraction of sp³-hybridized carbons (Fsp3) is 0.227. The molecule has 3 aromatic rings. The summed E-state index contributed by atoms with van der Waals surface area (Å²) in [4.78, 5) is 29.3. The molecule has 0 aliphatic heterocycles. The summed E-state index contributed by atoms with van der Waals surface area (Å²) >= 11 is 0. The van der Waals surface area contributed by atoms with Gasteiger partial charge in [-0.25, -0.2) is 0 Å². The smallest absolute Gasteiger partial charge is 0.263 e. The van der Waals surface area contributed by atoms with Crippen molar-refractivity contribution in [2.45, 2.75) is 26.3 Å². The van der Waals surface area contributed by atoms with Gasteiger partial charge < -0.3 is 9.88 Å². The summed E-state index contributed by atoms with van der Waals surface area (Å²) in [5, 5.41) is 2.86. The van der Waals surface area contributed by atoms with Crippen molar-refractivity contribution in [3.63, 3.8) is 0 Å². The number of aryl methyl sites for hydroxylation is 3. The number of hydrogen-bond donors (Lipinski definition) is 1. The third-order valence-corrected chi connectivity index (χ3v) is 4.53. The van der Waals surface area contributed by atoms with E-state index in [1.165, 1.54) is 0 Å². The monoisotopic (exact) mass is 361 g/mol. The van der Waals surface area contributed by atoms with Gasteiger partial charge in [0.1, 0.15) is 5.56 Å². The first-order chi connectivity index (χ1) is 13.1. The first-order valence-corrected chi connectivity index (χ1v) is 9.06. The van der Waals surface area contributed by atoms with Crippen LogP contribution in [0.15, 0.2) is 71.9 Å². The van der Waals surface area contributed by atoms with E-state index in [0.29, 0.717) is 25.1 Å². The van der Waals surface area contributed by atoms with Gasteiger partial charge in [-0.2, -0.15) is 0 Å². The van der Waals surface area contributed by atoms with Crippen LogP contribution in [-0.4, -0.2) is 22.0 Å². The van der Waals surface area contributed by atoms with Crippen LogP contribution in [0.5, 0.6) is 0 Å². The minimum absolute atomic E-state index is 0.222. The lowest BCUT2D eigenvalue weighted by atomic mass is 10.1. The average molecular weight is 361 g/mol. The van der Waals surface area contributed by atoms with Gasteiger partial charge in [0.05, 0.1) is 0 Å². The molecular formula is C22H23N3O2. The van der Waals surface area contributed by atoms with E-state index in [2.05, 4.69) is 10.3 Å². The Hall–Kier alpha value is -3.21. The van der Waals surface area contributed by atoms with E-state index >= 15 is 0 Å². The summed E-state index contributed by atoms with van der Waals surface area (Å²) in [6, 6.07) is 15.6. The molecule has 5 nitrogen and oxygen atoms in total. The van der Waals surface area contributed by atoms with Crippen molar-refractivity contribution in [3.05, 3.63) is 99.7 Å². The van der Waals surface area contributed by atoms with Crippen molar-refractivity contribution in [3.8, 4) is 0 Å². The third-order valence-electron chi connectivity index (χ3n) is 4.53. The molecule has 3 rings (SSSR count). The number of benzene rings is 1. The zero-order valence-electron chi connectivity index (χ0n) is 15.4. The highest BCUT2D eigenvalue weighted by atomic mass is 16.2. The molecule has 2 heterocycles. The highest BCUT2D eigenvalue weighted by Gasteiger charge is 2.15. The number of aromatic nitrogens is 2. The first-order valence-electron chi connectivity index (χ1n) is 9.06. The molecule has 1 aromatic carbocycles. The molecule has 0 fully saturated rings. The number of pyridine rings is 2. The zero-order chi connectivity index (χ0) is 19.1. The maximum absolute atomic E-state index is 12.8. The van der Waals surface area contributed by atoms with Crippen LogP contribution in [0.3, 0.4) is 0 Å². The largest absolute Gasteiger partial charge is 0.352 e. The van der Waals surface area contributed by atoms with E-state index in [1.54, 1.807) is 30.1 Å². The van der Waals surface area contributed by atoms with Crippen LogP contribution in [-0.2, 0) is 19.4 Å². The minimum Gasteiger partial charge on any atom is -0.352 e. The molecule has 5 heteroatoms. The predicted octanol–water partition coefficient (Wildman–Crippen LogP) is 2.77. The molecule has 27 heavy (non-hydrogen) atoms. The second kappa shape index (κ2) is 8.94. The predicted molar refractivity (Wildman–Crippen MR) is 106 cm³/mol. The van der Waals surface area contributed by atoms with Crippen LogP contribution in [0.25, 0.3) is 0 Å². The van der Waals surface area contributed by atoms with E-state index < -0.39 is 0 Å². The van der Waals surface area contributed by atoms with E-state index in [4.69, 9.17) is 0 Å². The second-order valence-electron chi connectivity index (χ2n) is 6.47. The summed E-state index contributed by atoms with van der Waals surface area (Å²) in [6.07, 6.45) is 6.65. The molecule has 1 amide bonds. The molecule has 0 spiro atoms. The number of nitrogens with zero attached hydrogens (tertiary/aromatic N) is 2. The van der Waals surface area contributed by atoms with Crippen molar-refractivity contribution >= 4 is 5.91 Å². The first kappa shape index (κ1) is 18.6. The topological polar surface area (TPSA) is 64.0 Å². The summed E-state index contributed by atoms with van der Waals surface area (Å²) in [7, 11) is 0. The van der Waals surface area contributed by atoms with Crippen molar-refractivity contribution < 1.29 is 4.79 Å². The van der Waals surface area contributed by atoms with Crippen molar-refractivity contribution in [1.29, 1.82) is 0 Å². The molecule has 0 aliphatic rings. The second-order valence-corrected chi connectivity index (χ2v) is 6.47. The van der Waals surface area contributed by atoms with Crippen LogP contribution in [0.4, 0.5) is 0 Å². The Morgan fingerprint density at radius 1 is 1.00 bits per heavy atom. The maximum atomic E-state index is 12.8. The standard InChI is InChI=1S/C22H23N3O2/c1-17-10-15-25(16-11-18-5-3-2-4-6-18)22(27)20(17)21(26)24-14-9-19-7-12-23-13-8-19/h2-8,10,12-13,15H,9,11,14,16H2,1H3,(H,24,26). The van der Waals surface area contributed by atoms with E-state index in [9.17, 15) is 9.59 Å². The van der Waals surface area contributed by atoms with Crippen LogP contribution >= 0.6 is 0 Å². The molecule has 0 saturated carbocycles. The Morgan fingerprint density at radius 2 is 1.70 bits per heavy atom. The van der Waals surface area contributed by atoms with E-state index in [0.717, 1.165) is 17.5 Å². The number of amides is 1. The average Bonchev–Trinajstić information content (AvgIpc) is 2.69. The molecule has 138 valence electrons. The van der Waals surface area contributed by atoms with Crippen LogP contribution in [0, 0.1) is 6.92 Å². The maximum Gasteiger partial charge on any atom is 0.263 e. The number of carbonyl (C=O) groups excluding carboxylic acids is 1. The lowest BCUT2D eigenvalue weighted by Gasteiger charge is -2.11. The van der Waals surface area contributed by atoms with Crippen LogP contribution in [0.1, 0.15) is 27.0 Å². The van der Waals surface area contributed by atoms with Crippen LogP contribution in [0.2, 0.25) is 0 Å². The lowest BCUT2D eigenvalue weighted by Crippen LogP contribution is -2.35. The Bertz CT molecular complexity index is 950. The SMILES string of the molecule is Cc1ccn(CCc2ccccc2)c(=O)c1C(=O)NCCc1ccncc1. The minimum atomic E-state index is -0.319. The molecule has 0 bridgehead atoms. The van der Waals surface area contributed by atoms with Gasteiger partial charge in [-0.1, -0.05) is 30.3 Å². The molecule has 1 N–H and O–H groups in total. The van der Waals surface area contributed by atoms with Gasteiger partial charge >= 0.3 is 0 Å².